The smallest absolute Gasteiger partial charge is 0.251 e. The number of hydrogen-bond acceptors (Lipinski definition) is 3. The average Bonchev–Trinajstić information content (AvgIpc) is 2.97. The first-order valence-electron chi connectivity index (χ1n) is 7.61. The highest BCUT2D eigenvalue weighted by molar-refractivity contribution is 6.32. The summed E-state index contributed by atoms with van der Waals surface area (Å²) in [5.74, 6) is 1.72. The number of halogens is 1. The summed E-state index contributed by atoms with van der Waals surface area (Å²) in [5.41, 5.74) is 0.521. The van der Waals surface area contributed by atoms with Crippen LogP contribution in [0.25, 0.3) is 0 Å². The van der Waals surface area contributed by atoms with Crippen molar-refractivity contribution in [3.8, 4) is 11.5 Å². The SMILES string of the molecule is O=C(NCCC1CCCCC1)c1cc(Cl)c2c(c1)OCO2. The molecule has 1 heterocycles. The highest BCUT2D eigenvalue weighted by Gasteiger charge is 2.21. The van der Waals surface area contributed by atoms with Crippen molar-refractivity contribution in [2.24, 2.45) is 5.92 Å². The average molecular weight is 310 g/mol. The number of nitrogens with one attached hydrogen (secondary N) is 1. The van der Waals surface area contributed by atoms with E-state index in [9.17, 15) is 4.79 Å². The number of carbonyl (C=O) groups excluding carboxylic acids is 1. The lowest BCUT2D eigenvalue weighted by molar-refractivity contribution is 0.0950. The molecule has 0 bridgehead atoms. The molecular weight excluding hydrogens is 290 g/mol. The van der Waals surface area contributed by atoms with Gasteiger partial charge in [-0.3, -0.25) is 4.79 Å². The molecule has 1 N–H and O–H groups in total. The molecule has 4 nitrogen and oxygen atoms in total. The second-order valence-electron chi connectivity index (χ2n) is 5.74. The largest absolute Gasteiger partial charge is 0.454 e. The highest BCUT2D eigenvalue weighted by Crippen LogP contribution is 2.39. The molecule has 5 heteroatoms. The second-order valence-corrected chi connectivity index (χ2v) is 6.15. The zero-order chi connectivity index (χ0) is 14.7. The van der Waals surface area contributed by atoms with Gasteiger partial charge in [0.05, 0.1) is 5.02 Å². The fourth-order valence-corrected chi connectivity index (χ4v) is 3.33. The van der Waals surface area contributed by atoms with Gasteiger partial charge in [0, 0.05) is 12.1 Å². The van der Waals surface area contributed by atoms with Crippen molar-refractivity contribution < 1.29 is 14.3 Å². The van der Waals surface area contributed by atoms with E-state index in [4.69, 9.17) is 21.1 Å². The minimum atomic E-state index is -0.106. The fraction of sp³-hybridized carbons (Fsp3) is 0.562. The van der Waals surface area contributed by atoms with E-state index >= 15 is 0 Å². The number of carbonyl (C=O) groups is 1. The molecule has 0 unspecified atom stereocenters. The van der Waals surface area contributed by atoms with Gasteiger partial charge in [0.2, 0.25) is 6.79 Å². The van der Waals surface area contributed by atoms with Gasteiger partial charge in [-0.15, -0.1) is 0 Å². The normalized spacial score (nSPS) is 17.8. The first-order chi connectivity index (χ1) is 10.2. The van der Waals surface area contributed by atoms with E-state index in [0.29, 0.717) is 22.1 Å². The van der Waals surface area contributed by atoms with Crippen molar-refractivity contribution in [3.05, 3.63) is 22.7 Å². The standard InChI is InChI=1S/C16H20ClNO3/c17-13-8-12(9-14-15(13)21-10-20-14)16(19)18-7-6-11-4-2-1-3-5-11/h8-9,11H,1-7,10H2,(H,18,19). The molecule has 1 aliphatic heterocycles. The van der Waals surface area contributed by atoms with Crippen LogP contribution in [0.1, 0.15) is 48.9 Å². The van der Waals surface area contributed by atoms with E-state index < -0.39 is 0 Å². The zero-order valence-corrected chi connectivity index (χ0v) is 12.7. The minimum Gasteiger partial charge on any atom is -0.454 e. The molecule has 3 rings (SSSR count). The van der Waals surface area contributed by atoms with Gasteiger partial charge in [-0.1, -0.05) is 43.7 Å². The monoisotopic (exact) mass is 309 g/mol. The molecule has 114 valence electrons. The first kappa shape index (κ1) is 14.5. The van der Waals surface area contributed by atoms with E-state index in [0.717, 1.165) is 18.9 Å². The predicted octanol–water partition coefficient (Wildman–Crippen LogP) is 3.77. The Morgan fingerprint density at radius 2 is 2.05 bits per heavy atom. The maximum atomic E-state index is 12.2. The van der Waals surface area contributed by atoms with Crippen LogP contribution < -0.4 is 14.8 Å². The summed E-state index contributed by atoms with van der Waals surface area (Å²) in [6, 6.07) is 3.31. The second kappa shape index (κ2) is 6.56. The summed E-state index contributed by atoms with van der Waals surface area (Å²) < 4.78 is 10.5. The number of hydrogen-bond donors (Lipinski definition) is 1. The minimum absolute atomic E-state index is 0.106. The molecule has 0 aromatic heterocycles. The topological polar surface area (TPSA) is 47.6 Å². The van der Waals surface area contributed by atoms with Crippen LogP contribution in [0.5, 0.6) is 11.5 Å². The quantitative estimate of drug-likeness (QED) is 0.921. The summed E-state index contributed by atoms with van der Waals surface area (Å²) >= 11 is 6.09. The predicted molar refractivity (Wildman–Crippen MR) is 81.1 cm³/mol. The van der Waals surface area contributed by atoms with E-state index in [1.807, 2.05) is 0 Å². The lowest BCUT2D eigenvalue weighted by Gasteiger charge is -2.21. The molecule has 1 saturated carbocycles. The third kappa shape index (κ3) is 3.43. The van der Waals surface area contributed by atoms with Crippen LogP contribution in [-0.4, -0.2) is 19.2 Å². The van der Waals surface area contributed by atoms with Crippen LogP contribution in [0.15, 0.2) is 12.1 Å². The Bertz CT molecular complexity index is 526. The lowest BCUT2D eigenvalue weighted by Crippen LogP contribution is -2.26. The number of rotatable bonds is 4. The van der Waals surface area contributed by atoms with Crippen molar-refractivity contribution in [2.75, 3.05) is 13.3 Å². The van der Waals surface area contributed by atoms with Crippen molar-refractivity contribution in [1.29, 1.82) is 0 Å². The highest BCUT2D eigenvalue weighted by atomic mass is 35.5. The van der Waals surface area contributed by atoms with Crippen LogP contribution >= 0.6 is 11.6 Å². The van der Waals surface area contributed by atoms with E-state index in [1.165, 1.54) is 32.1 Å². The van der Waals surface area contributed by atoms with Gasteiger partial charge in [0.1, 0.15) is 0 Å². The molecule has 1 aliphatic carbocycles. The molecule has 21 heavy (non-hydrogen) atoms. The molecule has 1 aromatic carbocycles. The summed E-state index contributed by atoms with van der Waals surface area (Å²) in [5, 5.41) is 3.39. The van der Waals surface area contributed by atoms with Crippen LogP contribution in [0.4, 0.5) is 0 Å². The lowest BCUT2D eigenvalue weighted by atomic mass is 9.87. The van der Waals surface area contributed by atoms with Crippen LogP contribution in [-0.2, 0) is 0 Å². The number of fused-ring (bicyclic) bond motifs is 1. The zero-order valence-electron chi connectivity index (χ0n) is 12.0. The number of benzene rings is 1. The summed E-state index contributed by atoms with van der Waals surface area (Å²) in [6.45, 7) is 0.872. The van der Waals surface area contributed by atoms with E-state index in [-0.39, 0.29) is 12.7 Å². The molecule has 0 spiro atoms. The van der Waals surface area contributed by atoms with Crippen molar-refractivity contribution in [3.63, 3.8) is 0 Å². The Labute approximate surface area is 129 Å². The van der Waals surface area contributed by atoms with Gasteiger partial charge in [-0.2, -0.15) is 0 Å². The van der Waals surface area contributed by atoms with Crippen molar-refractivity contribution >= 4 is 17.5 Å². The maximum Gasteiger partial charge on any atom is 0.251 e. The molecule has 1 fully saturated rings. The first-order valence-corrected chi connectivity index (χ1v) is 7.99. The molecule has 0 saturated heterocycles. The third-order valence-electron chi connectivity index (χ3n) is 4.25. The molecule has 1 aromatic rings. The van der Waals surface area contributed by atoms with Gasteiger partial charge >= 0.3 is 0 Å². The van der Waals surface area contributed by atoms with Crippen LogP contribution in [0, 0.1) is 5.92 Å². The number of ether oxygens (including phenoxy) is 2. The Kier molecular flexibility index (Phi) is 4.54. The number of amides is 1. The fourth-order valence-electron chi connectivity index (χ4n) is 3.07. The van der Waals surface area contributed by atoms with Gasteiger partial charge < -0.3 is 14.8 Å². The maximum absolute atomic E-state index is 12.2. The van der Waals surface area contributed by atoms with Gasteiger partial charge in [0.15, 0.2) is 11.5 Å². The third-order valence-corrected chi connectivity index (χ3v) is 4.53. The molecule has 0 radical (unpaired) electrons. The van der Waals surface area contributed by atoms with Gasteiger partial charge in [-0.05, 0) is 24.5 Å². The summed E-state index contributed by atoms with van der Waals surface area (Å²) in [4.78, 5) is 12.2. The van der Waals surface area contributed by atoms with Gasteiger partial charge in [0.25, 0.3) is 5.91 Å². The summed E-state index contributed by atoms with van der Waals surface area (Å²) in [6.07, 6.45) is 7.67. The molecule has 2 aliphatic rings. The van der Waals surface area contributed by atoms with Crippen LogP contribution in [0.3, 0.4) is 0 Å². The Hall–Kier alpha value is -1.42. The molecular formula is C16H20ClNO3. The van der Waals surface area contributed by atoms with E-state index in [1.54, 1.807) is 12.1 Å². The Morgan fingerprint density at radius 1 is 1.24 bits per heavy atom. The van der Waals surface area contributed by atoms with Gasteiger partial charge in [-0.25, -0.2) is 0 Å². The van der Waals surface area contributed by atoms with Crippen LogP contribution in [0.2, 0.25) is 5.02 Å². The Balaban J connectivity index is 1.54. The Morgan fingerprint density at radius 3 is 2.86 bits per heavy atom. The molecule has 1 amide bonds. The summed E-state index contributed by atoms with van der Waals surface area (Å²) in [7, 11) is 0. The molecule has 0 atom stereocenters. The van der Waals surface area contributed by atoms with E-state index in [2.05, 4.69) is 5.32 Å². The van der Waals surface area contributed by atoms with Crippen molar-refractivity contribution in [2.45, 2.75) is 38.5 Å². The van der Waals surface area contributed by atoms with Crippen molar-refractivity contribution in [1.82, 2.24) is 5.32 Å².